The van der Waals surface area contributed by atoms with E-state index in [9.17, 15) is 21.6 Å². The minimum Gasteiger partial charge on any atom is -0.380 e. The normalized spacial score (nSPS) is 20.0. The lowest BCUT2D eigenvalue weighted by Crippen LogP contribution is -2.44. The second-order valence-corrected chi connectivity index (χ2v) is 7.46. The SMILES string of the molecule is CS(=O)(=O)N1CCCC(Nc2ccc(C(F)(F)F)cc2C#N)C1. The van der Waals surface area contributed by atoms with Crippen LogP contribution >= 0.6 is 0 Å². The molecule has 0 spiro atoms. The lowest BCUT2D eigenvalue weighted by molar-refractivity contribution is -0.137. The summed E-state index contributed by atoms with van der Waals surface area (Å²) in [5, 5.41) is 12.0. The van der Waals surface area contributed by atoms with Crippen molar-refractivity contribution < 1.29 is 21.6 Å². The van der Waals surface area contributed by atoms with Gasteiger partial charge >= 0.3 is 6.18 Å². The van der Waals surface area contributed by atoms with E-state index in [1.165, 1.54) is 10.4 Å². The van der Waals surface area contributed by atoms with Crippen LogP contribution in [0.4, 0.5) is 18.9 Å². The van der Waals surface area contributed by atoms with Gasteiger partial charge in [0.2, 0.25) is 10.0 Å². The maximum Gasteiger partial charge on any atom is 0.416 e. The highest BCUT2D eigenvalue weighted by Gasteiger charge is 2.31. The second kappa shape index (κ2) is 6.37. The summed E-state index contributed by atoms with van der Waals surface area (Å²) < 4.78 is 62.5. The van der Waals surface area contributed by atoms with E-state index in [-0.39, 0.29) is 23.8 Å². The van der Waals surface area contributed by atoms with Gasteiger partial charge in [0.1, 0.15) is 6.07 Å². The zero-order valence-electron chi connectivity index (χ0n) is 12.4. The highest BCUT2D eigenvalue weighted by Crippen LogP contribution is 2.32. The van der Waals surface area contributed by atoms with E-state index in [4.69, 9.17) is 5.26 Å². The standard InChI is InChI=1S/C14H16F3N3O2S/c1-23(21,22)20-6-2-3-12(9-20)19-13-5-4-11(14(15,16)17)7-10(13)8-18/h4-5,7,12,19H,2-3,6,9H2,1H3. The molecule has 1 aliphatic rings. The third-order valence-corrected chi connectivity index (χ3v) is 4.95. The van der Waals surface area contributed by atoms with E-state index in [1.807, 2.05) is 0 Å². The molecule has 9 heteroatoms. The van der Waals surface area contributed by atoms with Crippen LogP contribution in [0.2, 0.25) is 0 Å². The van der Waals surface area contributed by atoms with E-state index in [0.717, 1.165) is 18.4 Å². The number of nitrogens with zero attached hydrogens (tertiary/aromatic N) is 2. The molecule has 1 atom stereocenters. The zero-order valence-corrected chi connectivity index (χ0v) is 13.2. The lowest BCUT2D eigenvalue weighted by Gasteiger charge is -2.32. The minimum atomic E-state index is -4.51. The molecular formula is C14H16F3N3O2S. The summed E-state index contributed by atoms with van der Waals surface area (Å²) in [6.45, 7) is 0.653. The summed E-state index contributed by atoms with van der Waals surface area (Å²) in [4.78, 5) is 0. The predicted molar refractivity (Wildman–Crippen MR) is 79.2 cm³/mol. The summed E-state index contributed by atoms with van der Waals surface area (Å²) in [6.07, 6.45) is -2.07. The van der Waals surface area contributed by atoms with Gasteiger partial charge in [0.05, 0.1) is 23.1 Å². The van der Waals surface area contributed by atoms with Crippen molar-refractivity contribution in [1.82, 2.24) is 4.31 Å². The van der Waals surface area contributed by atoms with Crippen molar-refractivity contribution in [2.24, 2.45) is 0 Å². The number of halogens is 3. The summed E-state index contributed by atoms with van der Waals surface area (Å²) in [5.74, 6) is 0. The molecule has 1 aromatic rings. The monoisotopic (exact) mass is 347 g/mol. The van der Waals surface area contributed by atoms with Crippen LogP contribution < -0.4 is 5.32 Å². The molecule has 0 aliphatic carbocycles. The molecule has 0 bridgehead atoms. The van der Waals surface area contributed by atoms with E-state index in [1.54, 1.807) is 6.07 Å². The van der Waals surface area contributed by atoms with Crippen LogP contribution in [-0.4, -0.2) is 38.1 Å². The first kappa shape index (κ1) is 17.6. The number of hydrogen-bond acceptors (Lipinski definition) is 4. The number of sulfonamides is 1. The Morgan fingerprint density at radius 1 is 1.39 bits per heavy atom. The van der Waals surface area contributed by atoms with Crippen LogP contribution in [0.5, 0.6) is 0 Å². The van der Waals surface area contributed by atoms with Crippen LogP contribution in [0.25, 0.3) is 0 Å². The number of benzene rings is 1. The third kappa shape index (κ3) is 4.36. The zero-order chi connectivity index (χ0) is 17.3. The number of piperidine rings is 1. The van der Waals surface area contributed by atoms with Crippen LogP contribution in [0, 0.1) is 11.3 Å². The molecule has 1 aromatic carbocycles. The molecule has 1 N–H and O–H groups in total. The second-order valence-electron chi connectivity index (χ2n) is 5.47. The molecule has 0 aromatic heterocycles. The molecule has 0 amide bonds. The Hall–Kier alpha value is -1.79. The van der Waals surface area contributed by atoms with Gasteiger partial charge in [-0.1, -0.05) is 0 Å². The Morgan fingerprint density at radius 2 is 2.09 bits per heavy atom. The highest BCUT2D eigenvalue weighted by molar-refractivity contribution is 7.88. The first-order valence-electron chi connectivity index (χ1n) is 6.94. The molecule has 1 heterocycles. The Kier molecular flexibility index (Phi) is 4.87. The van der Waals surface area contributed by atoms with Crippen molar-refractivity contribution in [3.05, 3.63) is 29.3 Å². The Morgan fingerprint density at radius 3 is 2.65 bits per heavy atom. The molecule has 1 saturated heterocycles. The maximum absolute atomic E-state index is 12.7. The fraction of sp³-hybridized carbons (Fsp3) is 0.500. The highest BCUT2D eigenvalue weighted by atomic mass is 32.2. The summed E-state index contributed by atoms with van der Waals surface area (Å²) in [6, 6.07) is 4.40. The van der Waals surface area contributed by atoms with Gasteiger partial charge in [-0.2, -0.15) is 18.4 Å². The van der Waals surface area contributed by atoms with E-state index in [2.05, 4.69) is 5.32 Å². The van der Waals surface area contributed by atoms with Crippen LogP contribution in [0.3, 0.4) is 0 Å². The van der Waals surface area contributed by atoms with Crippen molar-refractivity contribution in [2.45, 2.75) is 25.1 Å². The lowest BCUT2D eigenvalue weighted by atomic mass is 10.0. The molecule has 1 fully saturated rings. The number of anilines is 1. The van der Waals surface area contributed by atoms with Crippen molar-refractivity contribution in [2.75, 3.05) is 24.7 Å². The Labute approximate surface area is 132 Å². The van der Waals surface area contributed by atoms with Gasteiger partial charge < -0.3 is 5.32 Å². The number of rotatable bonds is 3. The van der Waals surface area contributed by atoms with Gasteiger partial charge in [0.25, 0.3) is 0 Å². The Balaban J connectivity index is 2.19. The molecule has 2 rings (SSSR count). The van der Waals surface area contributed by atoms with Crippen molar-refractivity contribution >= 4 is 15.7 Å². The van der Waals surface area contributed by atoms with Crippen molar-refractivity contribution in [3.8, 4) is 6.07 Å². The first-order chi connectivity index (χ1) is 10.6. The predicted octanol–water partition coefficient (Wildman–Crippen LogP) is 2.41. The molecule has 1 aliphatic heterocycles. The van der Waals surface area contributed by atoms with E-state index < -0.39 is 21.8 Å². The largest absolute Gasteiger partial charge is 0.416 e. The van der Waals surface area contributed by atoms with Gasteiger partial charge in [0, 0.05) is 19.1 Å². The van der Waals surface area contributed by atoms with Gasteiger partial charge in [-0.15, -0.1) is 0 Å². The summed E-state index contributed by atoms with van der Waals surface area (Å²) in [7, 11) is -3.31. The minimum absolute atomic E-state index is 0.115. The molecule has 126 valence electrons. The molecule has 1 unspecified atom stereocenters. The number of hydrogen-bond donors (Lipinski definition) is 1. The van der Waals surface area contributed by atoms with Crippen molar-refractivity contribution in [3.63, 3.8) is 0 Å². The van der Waals surface area contributed by atoms with Gasteiger partial charge in [0.15, 0.2) is 0 Å². The van der Waals surface area contributed by atoms with Crippen LogP contribution in [0.15, 0.2) is 18.2 Å². The number of alkyl halides is 3. The van der Waals surface area contributed by atoms with E-state index >= 15 is 0 Å². The van der Waals surface area contributed by atoms with E-state index in [0.29, 0.717) is 19.4 Å². The molecular weight excluding hydrogens is 331 g/mol. The first-order valence-corrected chi connectivity index (χ1v) is 8.79. The average molecular weight is 347 g/mol. The van der Waals surface area contributed by atoms with Gasteiger partial charge in [-0.05, 0) is 31.0 Å². The maximum atomic E-state index is 12.7. The van der Waals surface area contributed by atoms with Crippen LogP contribution in [-0.2, 0) is 16.2 Å². The molecule has 0 radical (unpaired) electrons. The molecule has 0 saturated carbocycles. The topological polar surface area (TPSA) is 73.2 Å². The number of nitriles is 1. The fourth-order valence-corrected chi connectivity index (χ4v) is 3.43. The third-order valence-electron chi connectivity index (χ3n) is 3.68. The summed E-state index contributed by atoms with van der Waals surface area (Å²) >= 11 is 0. The van der Waals surface area contributed by atoms with Crippen LogP contribution in [0.1, 0.15) is 24.0 Å². The smallest absolute Gasteiger partial charge is 0.380 e. The van der Waals surface area contributed by atoms with Gasteiger partial charge in [-0.3, -0.25) is 0 Å². The summed E-state index contributed by atoms with van der Waals surface area (Å²) in [5.41, 5.74) is -0.724. The van der Waals surface area contributed by atoms with Crippen molar-refractivity contribution in [1.29, 1.82) is 5.26 Å². The molecule has 5 nitrogen and oxygen atoms in total. The quantitative estimate of drug-likeness (QED) is 0.911. The molecule has 23 heavy (non-hydrogen) atoms. The average Bonchev–Trinajstić information content (AvgIpc) is 2.46. The number of nitrogens with one attached hydrogen (secondary N) is 1. The fourth-order valence-electron chi connectivity index (χ4n) is 2.52. The van der Waals surface area contributed by atoms with Gasteiger partial charge in [-0.25, -0.2) is 12.7 Å². The Bertz CT molecular complexity index is 726.